The Hall–Kier alpha value is -1.64. The van der Waals surface area contributed by atoms with Gasteiger partial charge in [0.1, 0.15) is 0 Å². The van der Waals surface area contributed by atoms with Crippen molar-refractivity contribution in [1.29, 1.82) is 0 Å². The van der Waals surface area contributed by atoms with Crippen molar-refractivity contribution in [2.45, 2.75) is 49.9 Å². The van der Waals surface area contributed by atoms with Crippen molar-refractivity contribution in [2.75, 3.05) is 0 Å². The average Bonchev–Trinajstić information content (AvgIpc) is 2.84. The van der Waals surface area contributed by atoms with Gasteiger partial charge in [-0.2, -0.15) is 0 Å². The van der Waals surface area contributed by atoms with Gasteiger partial charge < -0.3 is 5.11 Å². The Morgan fingerprint density at radius 2 is 1.59 bits per heavy atom. The van der Waals surface area contributed by atoms with Crippen molar-refractivity contribution in [3.05, 3.63) is 71.8 Å². The standard InChI is InChI=1S/C20H23NO/c22-19-12-11-18-13-14-20(19,17-9-5-2-6-10-17)21(18)15-16-7-3-1-4-8-16/h1-10,18-19,22H,11-15H2/t18-,19-,20-/m1/s1. The summed E-state index contributed by atoms with van der Waals surface area (Å²) in [5.74, 6) is 0. The van der Waals surface area contributed by atoms with Crippen LogP contribution in [0.2, 0.25) is 0 Å². The maximum Gasteiger partial charge on any atom is 0.0766 e. The molecule has 2 saturated heterocycles. The molecule has 0 aliphatic carbocycles. The van der Waals surface area contributed by atoms with Crippen molar-refractivity contribution >= 4 is 0 Å². The Morgan fingerprint density at radius 1 is 0.909 bits per heavy atom. The van der Waals surface area contributed by atoms with E-state index in [1.54, 1.807) is 0 Å². The molecule has 3 atom stereocenters. The number of hydrogen-bond donors (Lipinski definition) is 1. The van der Waals surface area contributed by atoms with Gasteiger partial charge in [-0.15, -0.1) is 0 Å². The van der Waals surface area contributed by atoms with Crippen molar-refractivity contribution in [3.63, 3.8) is 0 Å². The highest BCUT2D eigenvalue weighted by atomic mass is 16.3. The van der Waals surface area contributed by atoms with Gasteiger partial charge in [0.15, 0.2) is 0 Å². The molecule has 2 heterocycles. The van der Waals surface area contributed by atoms with Crippen LogP contribution in [0.5, 0.6) is 0 Å². The van der Waals surface area contributed by atoms with Crippen LogP contribution in [-0.4, -0.2) is 22.2 Å². The summed E-state index contributed by atoms with van der Waals surface area (Å²) in [5, 5.41) is 10.9. The van der Waals surface area contributed by atoms with E-state index in [-0.39, 0.29) is 11.6 Å². The third-order valence-electron chi connectivity index (χ3n) is 5.61. The highest BCUT2D eigenvalue weighted by Gasteiger charge is 2.54. The molecule has 2 fully saturated rings. The number of rotatable bonds is 3. The molecule has 2 aromatic carbocycles. The molecule has 114 valence electrons. The van der Waals surface area contributed by atoms with Gasteiger partial charge in [0, 0.05) is 12.6 Å². The second kappa shape index (κ2) is 5.53. The van der Waals surface area contributed by atoms with E-state index >= 15 is 0 Å². The largest absolute Gasteiger partial charge is 0.391 e. The van der Waals surface area contributed by atoms with Crippen LogP contribution in [-0.2, 0) is 12.1 Å². The second-order valence-corrected chi connectivity index (χ2v) is 6.69. The van der Waals surface area contributed by atoms with E-state index < -0.39 is 0 Å². The van der Waals surface area contributed by atoms with Crippen LogP contribution < -0.4 is 0 Å². The van der Waals surface area contributed by atoms with Gasteiger partial charge in [-0.3, -0.25) is 4.90 Å². The molecule has 2 aliphatic heterocycles. The lowest BCUT2D eigenvalue weighted by molar-refractivity contribution is -0.0666. The number of nitrogens with zero attached hydrogens (tertiary/aromatic N) is 1. The molecule has 2 heteroatoms. The topological polar surface area (TPSA) is 23.5 Å². The maximum absolute atomic E-state index is 10.9. The summed E-state index contributed by atoms with van der Waals surface area (Å²) in [6.45, 7) is 0.928. The Morgan fingerprint density at radius 3 is 2.32 bits per heavy atom. The fourth-order valence-corrected chi connectivity index (χ4v) is 4.54. The summed E-state index contributed by atoms with van der Waals surface area (Å²) in [4.78, 5) is 2.58. The molecule has 0 saturated carbocycles. The first-order chi connectivity index (χ1) is 10.8. The van der Waals surface area contributed by atoms with E-state index in [4.69, 9.17) is 0 Å². The lowest BCUT2D eigenvalue weighted by Crippen LogP contribution is -2.55. The van der Waals surface area contributed by atoms with Gasteiger partial charge in [-0.05, 0) is 36.8 Å². The molecular formula is C20H23NO. The summed E-state index contributed by atoms with van der Waals surface area (Å²) in [6, 6.07) is 21.9. The first kappa shape index (κ1) is 14.0. The van der Waals surface area contributed by atoms with Crippen molar-refractivity contribution in [3.8, 4) is 0 Å². The highest BCUT2D eigenvalue weighted by molar-refractivity contribution is 5.31. The SMILES string of the molecule is O[C@@H]1CC[C@@H]2CC[C@]1(c1ccccc1)N2Cc1ccccc1. The van der Waals surface area contributed by atoms with E-state index in [0.717, 1.165) is 25.8 Å². The maximum atomic E-state index is 10.9. The van der Waals surface area contributed by atoms with E-state index in [0.29, 0.717) is 6.04 Å². The van der Waals surface area contributed by atoms with Crippen LogP contribution in [0, 0.1) is 0 Å². The van der Waals surface area contributed by atoms with Gasteiger partial charge in [0.05, 0.1) is 11.6 Å². The van der Waals surface area contributed by atoms with Crippen LogP contribution in [0.4, 0.5) is 0 Å². The minimum Gasteiger partial charge on any atom is -0.391 e. The van der Waals surface area contributed by atoms with Crippen LogP contribution in [0.25, 0.3) is 0 Å². The number of aliphatic hydroxyl groups excluding tert-OH is 1. The zero-order valence-electron chi connectivity index (χ0n) is 12.9. The Bertz CT molecular complexity index is 627. The fourth-order valence-electron chi connectivity index (χ4n) is 4.54. The van der Waals surface area contributed by atoms with Crippen LogP contribution in [0.1, 0.15) is 36.8 Å². The predicted molar refractivity (Wildman–Crippen MR) is 88.4 cm³/mol. The average molecular weight is 293 g/mol. The summed E-state index contributed by atoms with van der Waals surface area (Å²) < 4.78 is 0. The molecule has 22 heavy (non-hydrogen) atoms. The minimum absolute atomic E-state index is 0.194. The van der Waals surface area contributed by atoms with Gasteiger partial charge in [-0.1, -0.05) is 60.7 Å². The summed E-state index contributed by atoms with van der Waals surface area (Å²) in [5.41, 5.74) is 2.42. The molecule has 1 N–H and O–H groups in total. The van der Waals surface area contributed by atoms with Gasteiger partial charge >= 0.3 is 0 Å². The molecule has 2 bridgehead atoms. The summed E-state index contributed by atoms with van der Waals surface area (Å²) >= 11 is 0. The number of benzene rings is 2. The third-order valence-corrected chi connectivity index (χ3v) is 5.61. The summed E-state index contributed by atoms with van der Waals surface area (Å²) in [6.07, 6.45) is 4.03. The molecule has 4 rings (SSSR count). The molecular weight excluding hydrogens is 270 g/mol. The molecule has 2 aliphatic rings. The molecule has 2 nitrogen and oxygen atoms in total. The Labute approximate surface area is 132 Å². The van der Waals surface area contributed by atoms with Gasteiger partial charge in [0.25, 0.3) is 0 Å². The van der Waals surface area contributed by atoms with Crippen molar-refractivity contribution in [2.24, 2.45) is 0 Å². The van der Waals surface area contributed by atoms with Crippen molar-refractivity contribution < 1.29 is 5.11 Å². The van der Waals surface area contributed by atoms with Crippen molar-refractivity contribution in [1.82, 2.24) is 4.90 Å². The zero-order chi connectivity index (χ0) is 15.0. The number of fused-ring (bicyclic) bond motifs is 2. The van der Waals surface area contributed by atoms with E-state index in [1.807, 2.05) is 0 Å². The summed E-state index contributed by atoms with van der Waals surface area (Å²) in [7, 11) is 0. The molecule has 2 aromatic rings. The Kier molecular flexibility index (Phi) is 3.51. The Balaban J connectivity index is 1.75. The first-order valence-corrected chi connectivity index (χ1v) is 8.35. The van der Waals surface area contributed by atoms with Gasteiger partial charge in [0.2, 0.25) is 0 Å². The molecule has 0 unspecified atom stereocenters. The number of piperidine rings is 1. The number of hydrogen-bond acceptors (Lipinski definition) is 2. The van der Waals surface area contributed by atoms with E-state index in [9.17, 15) is 5.11 Å². The highest BCUT2D eigenvalue weighted by Crippen LogP contribution is 2.51. The second-order valence-electron chi connectivity index (χ2n) is 6.69. The van der Waals surface area contributed by atoms with Crippen LogP contribution in [0.15, 0.2) is 60.7 Å². The quantitative estimate of drug-likeness (QED) is 0.932. The zero-order valence-corrected chi connectivity index (χ0v) is 12.9. The normalized spacial score (nSPS) is 31.3. The van der Waals surface area contributed by atoms with Crippen LogP contribution >= 0.6 is 0 Å². The lowest BCUT2D eigenvalue weighted by Gasteiger charge is -2.48. The van der Waals surface area contributed by atoms with Gasteiger partial charge in [-0.25, -0.2) is 0 Å². The van der Waals surface area contributed by atoms with Crippen LogP contribution in [0.3, 0.4) is 0 Å². The smallest absolute Gasteiger partial charge is 0.0766 e. The third kappa shape index (κ3) is 2.10. The molecule has 0 spiro atoms. The molecule has 0 amide bonds. The van der Waals surface area contributed by atoms with E-state index in [2.05, 4.69) is 65.6 Å². The molecule has 0 aromatic heterocycles. The molecule has 0 radical (unpaired) electrons. The monoisotopic (exact) mass is 293 g/mol. The fraction of sp³-hybridized carbons (Fsp3) is 0.400. The number of aliphatic hydroxyl groups is 1. The first-order valence-electron chi connectivity index (χ1n) is 8.35. The van der Waals surface area contributed by atoms with E-state index in [1.165, 1.54) is 17.5 Å². The minimum atomic E-state index is -0.266. The lowest BCUT2D eigenvalue weighted by atomic mass is 9.79. The predicted octanol–water partition coefficient (Wildman–Crippen LogP) is 3.70.